The molecule has 0 fully saturated rings. The molecule has 0 aliphatic carbocycles. The monoisotopic (exact) mass is 361 g/mol. The van der Waals surface area contributed by atoms with Gasteiger partial charge in [0.25, 0.3) is 0 Å². The highest BCUT2D eigenvalue weighted by Crippen LogP contribution is 2.21. The molecule has 0 spiro atoms. The molecule has 0 aliphatic rings. The van der Waals surface area contributed by atoms with Gasteiger partial charge in [-0.2, -0.15) is 0 Å². The summed E-state index contributed by atoms with van der Waals surface area (Å²) >= 11 is 1.53. The SMILES string of the molecule is CC(C(=O)N(C)Cc1cscn1)C(N)c1ccccc1.Cl.Cl. The number of thiazole rings is 1. The average Bonchev–Trinajstić information content (AvgIpc) is 2.98. The van der Waals surface area contributed by atoms with Crippen molar-refractivity contribution >= 4 is 42.1 Å². The van der Waals surface area contributed by atoms with E-state index in [2.05, 4.69) is 4.98 Å². The molecule has 22 heavy (non-hydrogen) atoms. The van der Waals surface area contributed by atoms with Gasteiger partial charge in [-0.05, 0) is 5.56 Å². The summed E-state index contributed by atoms with van der Waals surface area (Å²) in [5, 5.41) is 1.95. The standard InChI is InChI=1S/C15H19N3OS.2ClH/c1-11(14(16)12-6-4-3-5-7-12)15(19)18(2)8-13-9-20-10-17-13;;/h3-7,9-11,14H,8,16H2,1-2H3;2*1H. The minimum atomic E-state index is -0.290. The molecule has 1 aromatic carbocycles. The van der Waals surface area contributed by atoms with Gasteiger partial charge in [-0.15, -0.1) is 36.2 Å². The first-order valence-electron chi connectivity index (χ1n) is 6.52. The lowest BCUT2D eigenvalue weighted by Crippen LogP contribution is -2.36. The predicted molar refractivity (Wildman–Crippen MR) is 95.6 cm³/mol. The summed E-state index contributed by atoms with van der Waals surface area (Å²) in [6.07, 6.45) is 0. The molecule has 122 valence electrons. The summed E-state index contributed by atoms with van der Waals surface area (Å²) in [6, 6.07) is 9.43. The third-order valence-corrected chi connectivity index (χ3v) is 4.01. The van der Waals surface area contributed by atoms with Crippen LogP contribution in [-0.4, -0.2) is 22.8 Å². The lowest BCUT2D eigenvalue weighted by Gasteiger charge is -2.25. The van der Waals surface area contributed by atoms with Gasteiger partial charge in [-0.25, -0.2) is 4.98 Å². The first kappa shape index (κ1) is 20.9. The largest absolute Gasteiger partial charge is 0.340 e. The molecule has 1 amide bonds. The number of carbonyl (C=O) groups excluding carboxylic acids is 1. The van der Waals surface area contributed by atoms with E-state index in [9.17, 15) is 4.79 Å². The van der Waals surface area contributed by atoms with Crippen molar-refractivity contribution in [2.45, 2.75) is 19.5 Å². The number of benzene rings is 1. The van der Waals surface area contributed by atoms with Gasteiger partial charge in [0.2, 0.25) is 5.91 Å². The highest BCUT2D eigenvalue weighted by atomic mass is 35.5. The molecule has 2 aromatic rings. The van der Waals surface area contributed by atoms with Crippen molar-refractivity contribution in [2.24, 2.45) is 11.7 Å². The van der Waals surface area contributed by atoms with Crippen molar-refractivity contribution in [3.8, 4) is 0 Å². The molecule has 2 N–H and O–H groups in total. The first-order valence-corrected chi connectivity index (χ1v) is 7.46. The van der Waals surface area contributed by atoms with Crippen LogP contribution in [0.15, 0.2) is 41.2 Å². The predicted octanol–water partition coefficient (Wildman–Crippen LogP) is 3.28. The maximum Gasteiger partial charge on any atom is 0.227 e. The highest BCUT2D eigenvalue weighted by molar-refractivity contribution is 7.07. The number of rotatable bonds is 5. The van der Waals surface area contributed by atoms with Crippen molar-refractivity contribution < 1.29 is 4.79 Å². The zero-order valence-electron chi connectivity index (χ0n) is 12.5. The van der Waals surface area contributed by atoms with Crippen LogP contribution >= 0.6 is 36.2 Å². The fourth-order valence-electron chi connectivity index (χ4n) is 2.10. The molecule has 0 bridgehead atoms. The van der Waals surface area contributed by atoms with Crippen molar-refractivity contribution in [3.63, 3.8) is 0 Å². The summed E-state index contributed by atoms with van der Waals surface area (Å²) in [7, 11) is 1.79. The quantitative estimate of drug-likeness (QED) is 0.888. The molecular weight excluding hydrogens is 341 g/mol. The molecule has 0 saturated carbocycles. The van der Waals surface area contributed by atoms with Gasteiger partial charge < -0.3 is 10.6 Å². The van der Waals surface area contributed by atoms with Gasteiger partial charge >= 0.3 is 0 Å². The second kappa shape index (κ2) is 9.79. The van der Waals surface area contributed by atoms with E-state index < -0.39 is 0 Å². The molecular formula is C15H21Cl2N3OS. The Hall–Kier alpha value is -1.14. The molecule has 0 radical (unpaired) electrons. The van der Waals surface area contributed by atoms with Crippen LogP contribution in [0.1, 0.15) is 24.2 Å². The number of nitrogens with two attached hydrogens (primary N) is 1. The Morgan fingerprint density at radius 3 is 2.50 bits per heavy atom. The zero-order valence-corrected chi connectivity index (χ0v) is 15.0. The lowest BCUT2D eigenvalue weighted by atomic mass is 9.94. The minimum Gasteiger partial charge on any atom is -0.340 e. The van der Waals surface area contributed by atoms with E-state index in [0.717, 1.165) is 11.3 Å². The van der Waals surface area contributed by atoms with Gasteiger partial charge in [0, 0.05) is 18.5 Å². The van der Waals surface area contributed by atoms with Gasteiger partial charge in [-0.1, -0.05) is 37.3 Å². The van der Waals surface area contributed by atoms with E-state index in [4.69, 9.17) is 5.73 Å². The lowest BCUT2D eigenvalue weighted by molar-refractivity contribution is -0.134. The van der Waals surface area contributed by atoms with Gasteiger partial charge in [0.05, 0.1) is 23.7 Å². The van der Waals surface area contributed by atoms with E-state index in [0.29, 0.717) is 6.54 Å². The average molecular weight is 362 g/mol. The molecule has 2 rings (SSSR count). The topological polar surface area (TPSA) is 59.2 Å². The van der Waals surface area contributed by atoms with Gasteiger partial charge in [0.1, 0.15) is 0 Å². The van der Waals surface area contributed by atoms with E-state index in [-0.39, 0.29) is 42.7 Å². The molecule has 2 atom stereocenters. The normalized spacial score (nSPS) is 12.5. The van der Waals surface area contributed by atoms with Gasteiger partial charge in [-0.3, -0.25) is 4.79 Å². The smallest absolute Gasteiger partial charge is 0.227 e. The summed E-state index contributed by atoms with van der Waals surface area (Å²) in [5.74, 6) is -0.226. The van der Waals surface area contributed by atoms with Gasteiger partial charge in [0.15, 0.2) is 0 Å². The minimum absolute atomic E-state index is 0. The second-order valence-corrected chi connectivity index (χ2v) is 5.62. The third kappa shape index (κ3) is 5.25. The van der Waals surface area contributed by atoms with Crippen molar-refractivity contribution in [1.29, 1.82) is 0 Å². The van der Waals surface area contributed by atoms with Crippen LogP contribution in [0.4, 0.5) is 0 Å². The van der Waals surface area contributed by atoms with E-state index in [1.165, 1.54) is 11.3 Å². The van der Waals surface area contributed by atoms with Crippen LogP contribution in [0.3, 0.4) is 0 Å². The molecule has 4 nitrogen and oxygen atoms in total. The van der Waals surface area contributed by atoms with Crippen LogP contribution in [0.2, 0.25) is 0 Å². The van der Waals surface area contributed by atoms with Crippen LogP contribution in [0.25, 0.3) is 0 Å². The summed E-state index contributed by atoms with van der Waals surface area (Å²) in [4.78, 5) is 18.3. The molecule has 2 unspecified atom stereocenters. The highest BCUT2D eigenvalue weighted by Gasteiger charge is 2.25. The number of carbonyl (C=O) groups is 1. The van der Waals surface area contributed by atoms with Crippen molar-refractivity contribution in [3.05, 3.63) is 52.5 Å². The number of hydrogen-bond acceptors (Lipinski definition) is 4. The number of halogens is 2. The van der Waals surface area contributed by atoms with Crippen molar-refractivity contribution in [1.82, 2.24) is 9.88 Å². The molecule has 0 saturated heterocycles. The molecule has 1 aromatic heterocycles. The Balaban J connectivity index is 0.00000220. The Kier molecular flexibility index (Phi) is 9.28. The first-order chi connectivity index (χ1) is 9.59. The van der Waals surface area contributed by atoms with E-state index >= 15 is 0 Å². The fourth-order valence-corrected chi connectivity index (χ4v) is 2.65. The molecule has 0 aliphatic heterocycles. The van der Waals surface area contributed by atoms with E-state index in [1.807, 2.05) is 42.6 Å². The Morgan fingerprint density at radius 2 is 1.95 bits per heavy atom. The summed E-state index contributed by atoms with van der Waals surface area (Å²) in [6.45, 7) is 2.39. The number of amides is 1. The molecule has 1 heterocycles. The number of aromatic nitrogens is 1. The van der Waals surface area contributed by atoms with E-state index in [1.54, 1.807) is 17.5 Å². The second-order valence-electron chi connectivity index (χ2n) is 4.90. The molecule has 7 heteroatoms. The Labute approximate surface area is 147 Å². The van der Waals surface area contributed by atoms with Crippen LogP contribution in [0.5, 0.6) is 0 Å². The summed E-state index contributed by atoms with van der Waals surface area (Å²) < 4.78 is 0. The van der Waals surface area contributed by atoms with Crippen LogP contribution in [-0.2, 0) is 11.3 Å². The number of hydrogen-bond donors (Lipinski definition) is 1. The summed E-state index contributed by atoms with van der Waals surface area (Å²) in [5.41, 5.74) is 9.85. The Bertz CT molecular complexity index is 551. The fraction of sp³-hybridized carbons (Fsp3) is 0.333. The maximum atomic E-state index is 12.4. The van der Waals surface area contributed by atoms with Crippen molar-refractivity contribution in [2.75, 3.05) is 7.05 Å². The number of nitrogens with zero attached hydrogens (tertiary/aromatic N) is 2. The maximum absolute atomic E-state index is 12.4. The third-order valence-electron chi connectivity index (χ3n) is 3.37. The van der Waals surface area contributed by atoms with Crippen LogP contribution in [0, 0.1) is 5.92 Å². The zero-order chi connectivity index (χ0) is 14.5. The Morgan fingerprint density at radius 1 is 1.32 bits per heavy atom. The van der Waals surface area contributed by atoms with Crippen LogP contribution < -0.4 is 5.73 Å².